The molecule has 12 bridgehead atoms. The lowest BCUT2D eigenvalue weighted by Gasteiger charge is -2.50. The van der Waals surface area contributed by atoms with Crippen molar-refractivity contribution in [2.24, 2.45) is 23.7 Å². The third kappa shape index (κ3) is 9.31. The molecule has 16 fully saturated rings. The molecule has 16 rings (SSSR count). The Hall–Kier alpha value is -1.77. The second-order valence-corrected chi connectivity index (χ2v) is 27.8. The fourth-order valence-electron chi connectivity index (χ4n) is 18.2. The Morgan fingerprint density at radius 3 is 2.09 bits per heavy atom. The molecule has 1 unspecified atom stereocenters. The summed E-state index contributed by atoms with van der Waals surface area (Å²) in [6, 6.07) is 0. The molecule has 0 aromatic carbocycles. The Bertz CT molecular complexity index is 2400. The molecule has 4 N–H and O–H groups in total. The van der Waals surface area contributed by atoms with Crippen LogP contribution in [-0.2, 0) is 75.8 Å². The molecule has 0 saturated carbocycles. The van der Waals surface area contributed by atoms with E-state index in [9.17, 15) is 25.2 Å². The van der Waals surface area contributed by atoms with Gasteiger partial charge in [0.2, 0.25) is 5.79 Å². The summed E-state index contributed by atoms with van der Waals surface area (Å²) in [6.45, 7) is 17.3. The van der Waals surface area contributed by atoms with Crippen molar-refractivity contribution in [3.63, 3.8) is 0 Å². The van der Waals surface area contributed by atoms with Crippen LogP contribution in [0.25, 0.3) is 0 Å². The summed E-state index contributed by atoms with van der Waals surface area (Å²) in [7, 11) is 0. The van der Waals surface area contributed by atoms with Crippen molar-refractivity contribution in [2.45, 2.75) is 313 Å². The largest absolute Gasteiger partial charge is 0.459 e. The molecule has 0 amide bonds. The van der Waals surface area contributed by atoms with Gasteiger partial charge in [-0.3, -0.25) is 4.79 Å². The van der Waals surface area contributed by atoms with Gasteiger partial charge in [0.25, 0.3) is 0 Å². The van der Waals surface area contributed by atoms with E-state index in [0.717, 1.165) is 36.8 Å². The summed E-state index contributed by atoms with van der Waals surface area (Å²) in [6.07, 6.45) is -0.945. The van der Waals surface area contributed by atoms with Crippen LogP contribution in [0, 0.1) is 23.7 Å². The van der Waals surface area contributed by atoms with Crippen LogP contribution < -0.4 is 0 Å². The molecular weight excluding hydrogens is 1040 g/mol. The zero-order chi connectivity index (χ0) is 54.9. The van der Waals surface area contributed by atoms with Crippen LogP contribution in [-0.4, -0.2) is 203 Å². The maximum absolute atomic E-state index is 14.6. The van der Waals surface area contributed by atoms with Gasteiger partial charge in [-0.25, -0.2) is 0 Å². The number of esters is 1. The first kappa shape index (κ1) is 54.9. The Morgan fingerprint density at radius 2 is 1.25 bits per heavy atom. The van der Waals surface area contributed by atoms with Gasteiger partial charge in [-0.05, 0) is 73.8 Å². The molecule has 446 valence electrons. The van der Waals surface area contributed by atoms with Crippen molar-refractivity contribution in [2.75, 3.05) is 6.61 Å². The van der Waals surface area contributed by atoms with E-state index in [1.54, 1.807) is 0 Å². The molecule has 80 heavy (non-hydrogen) atoms. The first-order valence-corrected chi connectivity index (χ1v) is 30.9. The molecule has 20 heteroatoms. The lowest BCUT2D eigenvalue weighted by atomic mass is 9.79. The Labute approximate surface area is 468 Å². The first-order valence-electron chi connectivity index (χ1n) is 30.9. The van der Waals surface area contributed by atoms with E-state index in [1.165, 1.54) is 0 Å². The van der Waals surface area contributed by atoms with Gasteiger partial charge in [0.15, 0.2) is 17.4 Å². The van der Waals surface area contributed by atoms with Crippen molar-refractivity contribution in [3.8, 4) is 0 Å². The third-order valence-electron chi connectivity index (χ3n) is 22.0. The maximum atomic E-state index is 14.6. The third-order valence-corrected chi connectivity index (χ3v) is 22.0. The van der Waals surface area contributed by atoms with Crippen molar-refractivity contribution in [3.05, 3.63) is 24.3 Å². The topological polar surface area (TPSA) is 236 Å². The maximum Gasteiger partial charge on any atom is 0.308 e. The minimum atomic E-state index is -1.55. The van der Waals surface area contributed by atoms with Crippen LogP contribution in [0.4, 0.5) is 0 Å². The SMILES string of the molecule is C=C1C[C@@H]2CC[C@@]34C[C@]5(O)O[C@H]6[C@@H](O3)[C@H]3O[C@H](CC[C@@H]3O[C@H]6C5O4)CC(=O)O[C@@H]3[C@@H](C)[C@@H]4O[C@@H]5C[C@]6(C[C@@H]7O[C@]8(C[C@H](C)[C@@H]9O[C@H]([C@@H](O)C[C@@H](O)CO)C[C@@H]9O8)C[C@H](C)[C@@H]7O6)O[C@@H]5C[C@@H]4O[C@H]3C[C@H]3O[C@@H](CC[C@@H]1O2)C[C@@H](C)C3=C. The van der Waals surface area contributed by atoms with E-state index >= 15 is 0 Å². The number of ether oxygens (including phenoxy) is 15. The average molecular weight is 1130 g/mol. The highest BCUT2D eigenvalue weighted by atomic mass is 16.8. The number of carbonyl (C=O) groups excluding carboxylic acids is 1. The standard InChI is InChI=1S/C60H86O20/c1-26-13-33-7-9-37-27(2)14-35(66-37)11-12-57-25-60(65)56(80-57)55-54(79-60)53(78-57)52-38(70-55)10-8-34(68-52)16-47(64)73-51-31(6)50-43(69-42(51)17-39(67-33)30(26)5)19-41-45(72-50)22-59(74-41)23-46-49(77-59)29(4)21-58(76-46)20-28(3)48-44(75-58)18-40(71-48)36(63)15-32(62)24-61/h26,28-29,31-46,48-56,61-63,65H,2,5,7-25H2,1,3-4,6H3/t26-,28+,29+,31+,32-,33+,34-,35+,36+,37+,38+,39-,40+,41-,42+,43+,44+,45-,46+,48+,49+,50+,51-,52+,53+,54+,55-,56?,57-,58-,59+,60+/m1/s1. The molecule has 16 aliphatic heterocycles. The van der Waals surface area contributed by atoms with Crippen molar-refractivity contribution in [1.82, 2.24) is 0 Å². The number of aliphatic hydroxyl groups excluding tert-OH is 3. The van der Waals surface area contributed by atoms with Crippen molar-refractivity contribution in [1.29, 1.82) is 0 Å². The number of hydrogen-bond donors (Lipinski definition) is 4. The summed E-state index contributed by atoms with van der Waals surface area (Å²) in [5.41, 5.74) is 2.08. The van der Waals surface area contributed by atoms with E-state index in [1.807, 2.05) is 0 Å². The van der Waals surface area contributed by atoms with Crippen LogP contribution in [0.5, 0.6) is 0 Å². The van der Waals surface area contributed by atoms with Gasteiger partial charge in [0.05, 0.1) is 129 Å². The summed E-state index contributed by atoms with van der Waals surface area (Å²) < 4.78 is 103. The zero-order valence-corrected chi connectivity index (χ0v) is 46.8. The van der Waals surface area contributed by atoms with E-state index in [2.05, 4.69) is 40.9 Å². The van der Waals surface area contributed by atoms with Crippen LogP contribution in [0.3, 0.4) is 0 Å². The highest BCUT2D eigenvalue weighted by Crippen LogP contribution is 2.59. The van der Waals surface area contributed by atoms with Crippen LogP contribution >= 0.6 is 0 Å². The van der Waals surface area contributed by atoms with Crippen molar-refractivity contribution >= 4 is 5.97 Å². The Kier molecular flexibility index (Phi) is 13.8. The van der Waals surface area contributed by atoms with E-state index < -0.39 is 103 Å². The normalized spacial score (nSPS) is 57.6. The number of rotatable bonds is 4. The van der Waals surface area contributed by atoms with Gasteiger partial charge in [0, 0.05) is 63.7 Å². The number of hydrogen-bond acceptors (Lipinski definition) is 20. The van der Waals surface area contributed by atoms with Crippen LogP contribution in [0.15, 0.2) is 24.3 Å². The number of aliphatic hydroxyl groups is 4. The van der Waals surface area contributed by atoms with Gasteiger partial charge < -0.3 is 91.5 Å². The summed E-state index contributed by atoms with van der Waals surface area (Å²) >= 11 is 0. The van der Waals surface area contributed by atoms with Gasteiger partial charge in [-0.2, -0.15) is 0 Å². The zero-order valence-electron chi connectivity index (χ0n) is 46.8. The lowest BCUT2D eigenvalue weighted by Crippen LogP contribution is -2.62. The molecule has 3 spiro atoms. The lowest BCUT2D eigenvalue weighted by molar-refractivity contribution is -0.347. The highest BCUT2D eigenvalue weighted by Gasteiger charge is 2.75. The van der Waals surface area contributed by atoms with E-state index in [0.29, 0.717) is 70.6 Å². The van der Waals surface area contributed by atoms with Gasteiger partial charge in [-0.15, -0.1) is 0 Å². The molecule has 0 aromatic rings. The Morgan fingerprint density at radius 1 is 0.550 bits per heavy atom. The summed E-state index contributed by atoms with van der Waals surface area (Å²) in [4.78, 5) is 14.6. The molecule has 16 saturated heterocycles. The minimum absolute atomic E-state index is 0.0152. The van der Waals surface area contributed by atoms with Crippen LogP contribution in [0.1, 0.15) is 143 Å². The number of carbonyl (C=O) groups is 1. The highest BCUT2D eigenvalue weighted by molar-refractivity contribution is 5.70. The molecule has 0 aliphatic carbocycles. The van der Waals surface area contributed by atoms with Crippen LogP contribution in [0.2, 0.25) is 0 Å². The van der Waals surface area contributed by atoms with Gasteiger partial charge in [-0.1, -0.05) is 40.9 Å². The molecule has 16 heterocycles. The molecular formula is C60H86O20. The van der Waals surface area contributed by atoms with Crippen molar-refractivity contribution < 1.29 is 96.3 Å². The summed E-state index contributed by atoms with van der Waals surface area (Å²) in [5.74, 6) is -4.74. The minimum Gasteiger partial charge on any atom is -0.459 e. The quantitative estimate of drug-likeness (QED) is 0.228. The fourth-order valence-corrected chi connectivity index (χ4v) is 18.2. The fraction of sp³-hybridized carbons (Fsp3) is 0.917. The molecule has 0 radical (unpaired) electrons. The predicted octanol–water partition coefficient (Wildman–Crippen LogP) is 4.25. The van der Waals surface area contributed by atoms with E-state index in [4.69, 9.17) is 71.1 Å². The summed E-state index contributed by atoms with van der Waals surface area (Å²) in [5, 5.41) is 42.3. The monoisotopic (exact) mass is 1130 g/mol. The molecule has 32 atom stereocenters. The Balaban J connectivity index is 0.658. The average Bonchev–Trinajstić information content (AvgIpc) is 4.40. The second-order valence-electron chi connectivity index (χ2n) is 27.8. The second kappa shape index (κ2) is 20.2. The smallest absolute Gasteiger partial charge is 0.308 e. The number of fused-ring (bicyclic) bond motifs is 10. The molecule has 16 aliphatic rings. The van der Waals surface area contributed by atoms with E-state index in [-0.39, 0.29) is 122 Å². The van der Waals surface area contributed by atoms with Gasteiger partial charge in [0.1, 0.15) is 36.6 Å². The first-order chi connectivity index (χ1) is 38.3. The predicted molar refractivity (Wildman–Crippen MR) is 275 cm³/mol. The molecule has 20 nitrogen and oxygen atoms in total. The van der Waals surface area contributed by atoms with Gasteiger partial charge >= 0.3 is 5.97 Å². The molecule has 0 aromatic heterocycles.